The molecule has 0 aromatic heterocycles. The highest BCUT2D eigenvalue weighted by Gasteiger charge is 2.37. The van der Waals surface area contributed by atoms with E-state index in [-0.39, 0.29) is 0 Å². The summed E-state index contributed by atoms with van der Waals surface area (Å²) >= 11 is 0. The Morgan fingerprint density at radius 1 is 0.621 bits per heavy atom. The smallest absolute Gasteiger partial charge is 0.377 e. The lowest BCUT2D eigenvalue weighted by molar-refractivity contribution is 0.121. The van der Waals surface area contributed by atoms with E-state index in [0.717, 1.165) is 51.1 Å². The maximum absolute atomic E-state index is 5.35. The summed E-state index contributed by atoms with van der Waals surface area (Å²) in [5, 5.41) is 3.34. The van der Waals surface area contributed by atoms with Gasteiger partial charge in [-0.15, -0.1) is 0 Å². The molecule has 0 radical (unpaired) electrons. The number of nitrogens with one attached hydrogen (secondary N) is 1. The van der Waals surface area contributed by atoms with Crippen molar-refractivity contribution in [1.29, 1.82) is 0 Å². The van der Waals surface area contributed by atoms with Crippen molar-refractivity contribution in [3.63, 3.8) is 0 Å². The number of hydrogen-bond acceptors (Lipinski definition) is 8. The van der Waals surface area contributed by atoms with E-state index in [4.69, 9.17) is 26.6 Å². The standard InChI is InChI=1S/C10H25NO3Si.C9H23NO3Si/c1-6-8-11(2)9-7-10-15(12-3,13-4)14-5;1-5-7-10-8-6-9-14(11-2,12-3)13-4/h6-10H2,1-5H3;10H,5-9H2,1-4H3. The molecule has 8 nitrogen and oxygen atoms in total. The highest BCUT2D eigenvalue weighted by Crippen LogP contribution is 2.15. The number of hydrogen-bond donors (Lipinski definition) is 1. The fourth-order valence-corrected chi connectivity index (χ4v) is 6.33. The van der Waals surface area contributed by atoms with Crippen molar-refractivity contribution in [1.82, 2.24) is 10.2 Å². The lowest BCUT2D eigenvalue weighted by atomic mass is 10.4. The van der Waals surface area contributed by atoms with Gasteiger partial charge < -0.3 is 36.8 Å². The number of rotatable bonds is 18. The van der Waals surface area contributed by atoms with Gasteiger partial charge in [0.2, 0.25) is 0 Å². The van der Waals surface area contributed by atoms with Crippen molar-refractivity contribution in [2.75, 3.05) is 75.9 Å². The zero-order valence-electron chi connectivity index (χ0n) is 20.5. The van der Waals surface area contributed by atoms with Gasteiger partial charge in [0.15, 0.2) is 0 Å². The molecule has 0 aliphatic carbocycles. The molecule has 0 aromatic carbocycles. The van der Waals surface area contributed by atoms with E-state index in [1.807, 2.05) is 0 Å². The second-order valence-electron chi connectivity index (χ2n) is 6.85. The van der Waals surface area contributed by atoms with Gasteiger partial charge in [0, 0.05) is 54.7 Å². The Morgan fingerprint density at radius 2 is 1.07 bits per heavy atom. The van der Waals surface area contributed by atoms with E-state index in [1.165, 1.54) is 12.8 Å². The minimum Gasteiger partial charge on any atom is -0.377 e. The van der Waals surface area contributed by atoms with Crippen LogP contribution >= 0.6 is 0 Å². The highest BCUT2D eigenvalue weighted by molar-refractivity contribution is 6.60. The van der Waals surface area contributed by atoms with Crippen molar-refractivity contribution in [2.45, 2.75) is 51.6 Å². The molecule has 10 heteroatoms. The van der Waals surface area contributed by atoms with Crippen LogP contribution in [-0.4, -0.2) is 98.4 Å². The van der Waals surface area contributed by atoms with Gasteiger partial charge in [-0.3, -0.25) is 0 Å². The first-order chi connectivity index (χ1) is 13.9. The molecular weight excluding hydrogens is 408 g/mol. The van der Waals surface area contributed by atoms with Crippen LogP contribution in [0.1, 0.15) is 39.5 Å². The molecule has 0 saturated heterocycles. The van der Waals surface area contributed by atoms with Crippen molar-refractivity contribution >= 4 is 17.6 Å². The van der Waals surface area contributed by atoms with Crippen molar-refractivity contribution in [3.8, 4) is 0 Å². The van der Waals surface area contributed by atoms with Gasteiger partial charge in [-0.2, -0.15) is 0 Å². The van der Waals surface area contributed by atoms with E-state index >= 15 is 0 Å². The zero-order valence-corrected chi connectivity index (χ0v) is 22.5. The van der Waals surface area contributed by atoms with Crippen LogP contribution in [0, 0.1) is 0 Å². The molecule has 178 valence electrons. The summed E-state index contributed by atoms with van der Waals surface area (Å²) in [6.07, 6.45) is 4.44. The van der Waals surface area contributed by atoms with Gasteiger partial charge in [-0.25, -0.2) is 0 Å². The fraction of sp³-hybridized carbons (Fsp3) is 1.00. The third kappa shape index (κ3) is 14.7. The van der Waals surface area contributed by atoms with Gasteiger partial charge >= 0.3 is 17.6 Å². The molecule has 0 fully saturated rings. The molecule has 0 bridgehead atoms. The van der Waals surface area contributed by atoms with Gasteiger partial charge in [-0.1, -0.05) is 13.8 Å². The van der Waals surface area contributed by atoms with Crippen LogP contribution in [0.25, 0.3) is 0 Å². The molecule has 0 atom stereocenters. The second kappa shape index (κ2) is 20.0. The molecule has 0 spiro atoms. The van der Waals surface area contributed by atoms with Crippen LogP contribution in [0.2, 0.25) is 12.1 Å². The summed E-state index contributed by atoms with van der Waals surface area (Å²) in [6.45, 7) is 8.63. The largest absolute Gasteiger partial charge is 0.500 e. The SMILES string of the molecule is CCCN(C)CCC[Si](OC)(OC)OC.CCCNCCC[Si](OC)(OC)OC. The quantitative estimate of drug-likeness (QED) is 0.249. The topological polar surface area (TPSA) is 70.7 Å². The van der Waals surface area contributed by atoms with Crippen LogP contribution in [0.15, 0.2) is 0 Å². The molecule has 29 heavy (non-hydrogen) atoms. The maximum atomic E-state index is 5.35. The molecule has 0 aliphatic heterocycles. The summed E-state index contributed by atoms with van der Waals surface area (Å²) in [4.78, 5) is 2.32. The normalized spacial score (nSPS) is 12.2. The average molecular weight is 457 g/mol. The summed E-state index contributed by atoms with van der Waals surface area (Å²) in [5.41, 5.74) is 0. The molecule has 0 rings (SSSR count). The van der Waals surface area contributed by atoms with E-state index in [0.29, 0.717) is 0 Å². The minimum absolute atomic E-state index is 0.868. The van der Waals surface area contributed by atoms with Crippen molar-refractivity contribution in [3.05, 3.63) is 0 Å². The second-order valence-corrected chi connectivity index (χ2v) is 13.0. The van der Waals surface area contributed by atoms with Gasteiger partial charge in [0.25, 0.3) is 0 Å². The van der Waals surface area contributed by atoms with Gasteiger partial charge in [-0.05, 0) is 58.9 Å². The summed E-state index contributed by atoms with van der Waals surface area (Å²) in [5.74, 6) is 0. The van der Waals surface area contributed by atoms with Gasteiger partial charge in [0.1, 0.15) is 0 Å². The van der Waals surface area contributed by atoms with Crippen LogP contribution in [0.4, 0.5) is 0 Å². The average Bonchev–Trinajstić information content (AvgIpc) is 2.75. The van der Waals surface area contributed by atoms with Crippen LogP contribution in [0.5, 0.6) is 0 Å². The van der Waals surface area contributed by atoms with E-state index in [9.17, 15) is 0 Å². The molecule has 0 saturated carbocycles. The Balaban J connectivity index is 0. The summed E-state index contributed by atoms with van der Waals surface area (Å²) < 4.78 is 32.0. The molecule has 0 aliphatic rings. The Bertz CT molecular complexity index is 332. The molecule has 0 aromatic rings. The third-order valence-electron chi connectivity index (χ3n) is 4.76. The Labute approximate surface area is 182 Å². The lowest BCUT2D eigenvalue weighted by Crippen LogP contribution is -2.43. The Morgan fingerprint density at radius 3 is 1.45 bits per heavy atom. The van der Waals surface area contributed by atoms with Crippen LogP contribution < -0.4 is 5.32 Å². The molecular formula is C19H48N2O6Si2. The third-order valence-corrected chi connectivity index (χ3v) is 10.4. The summed E-state index contributed by atoms with van der Waals surface area (Å²) in [7, 11) is 7.43. The van der Waals surface area contributed by atoms with E-state index < -0.39 is 17.6 Å². The van der Waals surface area contributed by atoms with Crippen LogP contribution in [0.3, 0.4) is 0 Å². The predicted molar refractivity (Wildman–Crippen MR) is 123 cm³/mol. The molecule has 0 heterocycles. The van der Waals surface area contributed by atoms with Crippen LogP contribution in [-0.2, 0) is 26.6 Å². The Hall–Kier alpha value is 0.114. The first-order valence-corrected chi connectivity index (χ1v) is 14.4. The van der Waals surface area contributed by atoms with E-state index in [2.05, 4.69) is 31.1 Å². The monoisotopic (exact) mass is 456 g/mol. The van der Waals surface area contributed by atoms with Crippen molar-refractivity contribution in [2.24, 2.45) is 0 Å². The maximum Gasteiger partial charge on any atom is 0.500 e. The predicted octanol–water partition coefficient (Wildman–Crippen LogP) is 2.85. The molecule has 1 N–H and O–H groups in total. The first-order valence-electron chi connectivity index (χ1n) is 10.6. The van der Waals surface area contributed by atoms with Gasteiger partial charge in [0.05, 0.1) is 0 Å². The zero-order chi connectivity index (χ0) is 22.6. The highest BCUT2D eigenvalue weighted by atomic mass is 28.4. The number of nitrogens with zero attached hydrogens (tertiary/aromatic N) is 1. The van der Waals surface area contributed by atoms with E-state index in [1.54, 1.807) is 42.7 Å². The molecule has 0 unspecified atom stereocenters. The lowest BCUT2D eigenvalue weighted by Gasteiger charge is -2.25. The Kier molecular flexibility index (Phi) is 21.6. The molecule has 0 amide bonds. The van der Waals surface area contributed by atoms with Crippen molar-refractivity contribution < 1.29 is 26.6 Å². The first kappa shape index (κ1) is 31.3. The minimum atomic E-state index is -2.33. The fourth-order valence-electron chi connectivity index (χ4n) is 2.90. The summed E-state index contributed by atoms with van der Waals surface area (Å²) in [6, 6.07) is 1.75.